The van der Waals surface area contributed by atoms with E-state index >= 15 is 0 Å². The highest BCUT2D eigenvalue weighted by molar-refractivity contribution is 5.78. The molecule has 0 saturated carbocycles. The molecule has 0 bridgehead atoms. The Labute approximate surface area is 195 Å². The molecule has 0 aliphatic carbocycles. The molecule has 3 aromatic heterocycles. The fraction of sp³-hybridized carbons (Fsp3) is 0.375. The second kappa shape index (κ2) is 8.76. The van der Waals surface area contributed by atoms with Crippen LogP contribution in [-0.2, 0) is 20.1 Å². The van der Waals surface area contributed by atoms with Crippen LogP contribution in [0.3, 0.4) is 0 Å². The van der Waals surface area contributed by atoms with E-state index in [1.165, 1.54) is 15.5 Å². The minimum absolute atomic E-state index is 0.0385. The molecule has 1 atom stereocenters. The molecule has 10 heteroatoms. The molecule has 0 amide bonds. The summed E-state index contributed by atoms with van der Waals surface area (Å²) in [5.41, 5.74) is 7.72. The molecular weight excluding hydrogens is 432 g/mol. The third-order valence-electron chi connectivity index (χ3n) is 6.28. The average molecular weight is 459 g/mol. The lowest BCUT2D eigenvalue weighted by molar-refractivity contribution is 0.496. The minimum atomic E-state index is -0.421. The van der Waals surface area contributed by atoms with Gasteiger partial charge in [-0.2, -0.15) is 4.98 Å². The molecule has 4 heterocycles. The van der Waals surface area contributed by atoms with E-state index in [1.54, 1.807) is 20.2 Å². The first-order valence-corrected chi connectivity index (χ1v) is 11.3. The third kappa shape index (κ3) is 3.74. The number of hydrogen-bond acceptors (Lipinski definition) is 7. The van der Waals surface area contributed by atoms with Crippen molar-refractivity contribution in [2.24, 2.45) is 12.8 Å². The Morgan fingerprint density at radius 2 is 2.09 bits per heavy atom. The zero-order chi connectivity index (χ0) is 23.8. The van der Waals surface area contributed by atoms with Gasteiger partial charge in [0.15, 0.2) is 11.2 Å². The number of aromatic nitrogens is 6. The second-order valence-corrected chi connectivity index (χ2v) is 8.59. The number of aryl methyl sites for hydroxylation is 1. The Balaban J connectivity index is 1.68. The molecule has 1 saturated heterocycles. The SMILES string of the molecule is CC#CCn1c(N2CCCC(N)C2)nc2c1c(=O)n(Cc1ccc3ncncc3c1)c(=O)n2C. The molecule has 10 nitrogen and oxygen atoms in total. The van der Waals surface area contributed by atoms with Gasteiger partial charge in [-0.1, -0.05) is 12.0 Å². The summed E-state index contributed by atoms with van der Waals surface area (Å²) < 4.78 is 4.50. The van der Waals surface area contributed by atoms with Crippen LogP contribution < -0.4 is 21.9 Å². The van der Waals surface area contributed by atoms with E-state index in [9.17, 15) is 9.59 Å². The minimum Gasteiger partial charge on any atom is -0.341 e. The zero-order valence-electron chi connectivity index (χ0n) is 19.2. The molecule has 174 valence electrons. The first kappa shape index (κ1) is 21.9. The molecule has 0 radical (unpaired) electrons. The summed E-state index contributed by atoms with van der Waals surface area (Å²) in [5, 5.41) is 0.845. The van der Waals surface area contributed by atoms with Crippen LogP contribution in [0.4, 0.5) is 5.95 Å². The molecule has 2 N–H and O–H groups in total. The van der Waals surface area contributed by atoms with Crippen molar-refractivity contribution in [2.75, 3.05) is 18.0 Å². The van der Waals surface area contributed by atoms with Crippen molar-refractivity contribution in [1.29, 1.82) is 0 Å². The average Bonchev–Trinajstić information content (AvgIpc) is 3.23. The number of nitrogens with zero attached hydrogens (tertiary/aromatic N) is 7. The highest BCUT2D eigenvalue weighted by Crippen LogP contribution is 2.23. The largest absolute Gasteiger partial charge is 0.341 e. The van der Waals surface area contributed by atoms with Gasteiger partial charge in [-0.15, -0.1) is 5.92 Å². The van der Waals surface area contributed by atoms with E-state index in [0.29, 0.717) is 30.2 Å². The zero-order valence-corrected chi connectivity index (χ0v) is 19.2. The first-order chi connectivity index (χ1) is 16.5. The number of nitrogens with two attached hydrogens (primary N) is 1. The summed E-state index contributed by atoms with van der Waals surface area (Å²) in [7, 11) is 1.64. The van der Waals surface area contributed by atoms with Crippen molar-refractivity contribution >= 4 is 28.0 Å². The number of fused-ring (bicyclic) bond motifs is 2. The molecule has 1 aromatic carbocycles. The fourth-order valence-corrected chi connectivity index (χ4v) is 4.56. The van der Waals surface area contributed by atoms with Crippen molar-refractivity contribution < 1.29 is 0 Å². The molecule has 0 spiro atoms. The van der Waals surface area contributed by atoms with Gasteiger partial charge in [0.1, 0.15) is 6.33 Å². The van der Waals surface area contributed by atoms with Crippen molar-refractivity contribution in [1.82, 2.24) is 28.7 Å². The van der Waals surface area contributed by atoms with E-state index in [4.69, 9.17) is 10.7 Å². The van der Waals surface area contributed by atoms with Crippen molar-refractivity contribution in [3.63, 3.8) is 0 Å². The summed E-state index contributed by atoms with van der Waals surface area (Å²) in [6, 6.07) is 5.66. The highest BCUT2D eigenvalue weighted by atomic mass is 16.2. The first-order valence-electron chi connectivity index (χ1n) is 11.3. The fourth-order valence-electron chi connectivity index (χ4n) is 4.56. The van der Waals surface area contributed by atoms with Crippen LogP contribution in [0.2, 0.25) is 0 Å². The Hall–Kier alpha value is -3.97. The lowest BCUT2D eigenvalue weighted by Crippen LogP contribution is -2.44. The molecule has 1 aliphatic rings. The summed E-state index contributed by atoms with van der Waals surface area (Å²) in [6.45, 7) is 3.62. The van der Waals surface area contributed by atoms with Gasteiger partial charge < -0.3 is 10.6 Å². The second-order valence-electron chi connectivity index (χ2n) is 8.59. The monoisotopic (exact) mass is 458 g/mol. The van der Waals surface area contributed by atoms with Gasteiger partial charge in [0.25, 0.3) is 5.56 Å². The van der Waals surface area contributed by atoms with Crippen LogP contribution in [0, 0.1) is 11.8 Å². The maximum Gasteiger partial charge on any atom is 0.332 e. The van der Waals surface area contributed by atoms with Gasteiger partial charge in [0.2, 0.25) is 5.95 Å². The molecular formula is C24H26N8O2. The van der Waals surface area contributed by atoms with Gasteiger partial charge >= 0.3 is 5.69 Å². The Bertz CT molecular complexity index is 1570. The lowest BCUT2D eigenvalue weighted by atomic mass is 10.1. The number of rotatable bonds is 4. The number of benzene rings is 1. The smallest absolute Gasteiger partial charge is 0.332 e. The predicted octanol–water partition coefficient (Wildman–Crippen LogP) is 0.839. The quantitative estimate of drug-likeness (QED) is 0.450. The van der Waals surface area contributed by atoms with Crippen molar-refractivity contribution in [3.8, 4) is 11.8 Å². The number of hydrogen-bond donors (Lipinski definition) is 1. The topological polar surface area (TPSA) is 117 Å². The van der Waals surface area contributed by atoms with Crippen LogP contribution in [0.1, 0.15) is 25.3 Å². The third-order valence-corrected chi connectivity index (χ3v) is 6.28. The van der Waals surface area contributed by atoms with E-state index in [2.05, 4.69) is 26.7 Å². The maximum absolute atomic E-state index is 13.7. The summed E-state index contributed by atoms with van der Waals surface area (Å²) in [6.07, 6.45) is 5.10. The van der Waals surface area contributed by atoms with Crippen LogP contribution in [0.5, 0.6) is 0 Å². The van der Waals surface area contributed by atoms with Gasteiger partial charge in [-0.25, -0.2) is 14.8 Å². The highest BCUT2D eigenvalue weighted by Gasteiger charge is 2.26. The molecule has 1 fully saturated rings. The van der Waals surface area contributed by atoms with Gasteiger partial charge in [0, 0.05) is 37.8 Å². The Morgan fingerprint density at radius 3 is 2.88 bits per heavy atom. The van der Waals surface area contributed by atoms with Gasteiger partial charge in [-0.05, 0) is 37.5 Å². The summed E-state index contributed by atoms with van der Waals surface area (Å²) in [4.78, 5) is 42.0. The maximum atomic E-state index is 13.7. The van der Waals surface area contributed by atoms with E-state index in [1.807, 2.05) is 22.8 Å². The van der Waals surface area contributed by atoms with Crippen LogP contribution >= 0.6 is 0 Å². The van der Waals surface area contributed by atoms with Crippen molar-refractivity contribution in [3.05, 3.63) is 57.1 Å². The van der Waals surface area contributed by atoms with E-state index < -0.39 is 5.69 Å². The summed E-state index contributed by atoms with van der Waals surface area (Å²) >= 11 is 0. The van der Waals surface area contributed by atoms with Gasteiger partial charge in [0.05, 0.1) is 18.6 Å². The van der Waals surface area contributed by atoms with Crippen molar-refractivity contribution in [2.45, 2.75) is 38.9 Å². The van der Waals surface area contributed by atoms with E-state index in [-0.39, 0.29) is 18.1 Å². The molecule has 4 aromatic rings. The number of imidazole rings is 1. The Morgan fingerprint density at radius 1 is 1.24 bits per heavy atom. The number of piperidine rings is 1. The molecule has 1 unspecified atom stereocenters. The normalized spacial score (nSPS) is 16.1. The number of anilines is 1. The van der Waals surface area contributed by atoms with Crippen LogP contribution in [-0.4, -0.2) is 47.8 Å². The predicted molar refractivity (Wildman–Crippen MR) is 131 cm³/mol. The Kier molecular flexibility index (Phi) is 5.63. The molecule has 5 rings (SSSR count). The standard InChI is InChI=1S/C24H26N8O2/c1-3-4-10-31-20-21(28-23(31)30-9-5-6-18(25)14-30)29(2)24(34)32(22(20)33)13-16-7-8-19-17(11-16)12-26-15-27-19/h7-8,11-12,15,18H,5-6,9-10,13-14,25H2,1-2H3. The van der Waals surface area contributed by atoms with Crippen LogP contribution in [0.15, 0.2) is 40.3 Å². The molecule has 1 aliphatic heterocycles. The lowest BCUT2D eigenvalue weighted by Gasteiger charge is -2.31. The van der Waals surface area contributed by atoms with E-state index in [0.717, 1.165) is 35.9 Å². The van der Waals surface area contributed by atoms with Gasteiger partial charge in [-0.3, -0.25) is 18.5 Å². The molecule has 34 heavy (non-hydrogen) atoms. The summed E-state index contributed by atoms with van der Waals surface area (Å²) in [5.74, 6) is 6.57. The van der Waals surface area contributed by atoms with Crippen LogP contribution in [0.25, 0.3) is 22.1 Å².